The minimum absolute atomic E-state index is 0.104. The predicted octanol–water partition coefficient (Wildman–Crippen LogP) is 2.79. The minimum atomic E-state index is -0.104. The van der Waals surface area contributed by atoms with Crippen LogP contribution in [0.25, 0.3) is 11.6 Å². The molecule has 0 bridgehead atoms. The molecule has 0 spiro atoms. The van der Waals surface area contributed by atoms with Gasteiger partial charge in [0.15, 0.2) is 6.61 Å². The van der Waals surface area contributed by atoms with E-state index in [-0.39, 0.29) is 12.6 Å². The molecule has 2 heterocycles. The molecule has 1 unspecified atom stereocenters. The van der Waals surface area contributed by atoms with Crippen LogP contribution in [0.3, 0.4) is 0 Å². The molecule has 0 amide bonds. The molecule has 0 fully saturated rings. The first kappa shape index (κ1) is 13.7. The van der Waals surface area contributed by atoms with Crippen LogP contribution in [0, 0.1) is 0 Å². The van der Waals surface area contributed by atoms with Gasteiger partial charge in [-0.2, -0.15) is 4.98 Å². The Morgan fingerprint density at radius 1 is 1.29 bits per heavy atom. The highest BCUT2D eigenvalue weighted by atomic mass is 32.1. The first-order valence-electron chi connectivity index (χ1n) is 6.44. The van der Waals surface area contributed by atoms with E-state index in [1.165, 1.54) is 11.3 Å². The van der Waals surface area contributed by atoms with E-state index in [1.54, 1.807) is 0 Å². The van der Waals surface area contributed by atoms with Crippen LogP contribution >= 0.6 is 11.3 Å². The van der Waals surface area contributed by atoms with Crippen LogP contribution in [0.5, 0.6) is 5.75 Å². The molecule has 21 heavy (non-hydrogen) atoms. The molecule has 6 nitrogen and oxygen atoms in total. The first-order chi connectivity index (χ1) is 10.2. The number of para-hydroxylation sites is 1. The Labute approximate surface area is 125 Å². The SMILES string of the molecule is CC(N)c1nc(-c2nc(COc3ccccc3)no2)cs1. The van der Waals surface area contributed by atoms with Gasteiger partial charge in [0.1, 0.15) is 16.5 Å². The molecule has 2 aromatic heterocycles. The molecule has 0 aliphatic heterocycles. The highest BCUT2D eigenvalue weighted by Crippen LogP contribution is 2.23. The summed E-state index contributed by atoms with van der Waals surface area (Å²) in [6, 6.07) is 9.38. The highest BCUT2D eigenvalue weighted by Gasteiger charge is 2.14. The Hall–Kier alpha value is -2.25. The number of ether oxygens (including phenoxy) is 1. The Kier molecular flexibility index (Phi) is 3.94. The van der Waals surface area contributed by atoms with E-state index in [1.807, 2.05) is 42.6 Å². The van der Waals surface area contributed by atoms with Crippen LogP contribution in [-0.2, 0) is 6.61 Å². The quantitative estimate of drug-likeness (QED) is 0.779. The monoisotopic (exact) mass is 302 g/mol. The molecule has 7 heteroatoms. The van der Waals surface area contributed by atoms with Crippen molar-refractivity contribution in [3.63, 3.8) is 0 Å². The summed E-state index contributed by atoms with van der Waals surface area (Å²) < 4.78 is 10.8. The first-order valence-corrected chi connectivity index (χ1v) is 7.32. The van der Waals surface area contributed by atoms with Gasteiger partial charge in [-0.1, -0.05) is 23.4 Å². The molecule has 3 rings (SSSR count). The van der Waals surface area contributed by atoms with E-state index in [0.29, 0.717) is 17.4 Å². The van der Waals surface area contributed by atoms with Gasteiger partial charge in [0.05, 0.1) is 6.04 Å². The summed E-state index contributed by atoms with van der Waals surface area (Å²) in [5.41, 5.74) is 6.43. The maximum atomic E-state index is 5.78. The summed E-state index contributed by atoms with van der Waals surface area (Å²) in [7, 11) is 0. The number of hydrogen-bond donors (Lipinski definition) is 1. The Morgan fingerprint density at radius 2 is 2.10 bits per heavy atom. The number of thiazole rings is 1. The third kappa shape index (κ3) is 3.26. The van der Waals surface area contributed by atoms with Crippen LogP contribution in [0.2, 0.25) is 0 Å². The number of nitrogens with two attached hydrogens (primary N) is 1. The number of hydrogen-bond acceptors (Lipinski definition) is 7. The van der Waals surface area contributed by atoms with Crippen LogP contribution in [0.1, 0.15) is 23.8 Å². The van der Waals surface area contributed by atoms with Crippen molar-refractivity contribution in [3.05, 3.63) is 46.5 Å². The van der Waals surface area contributed by atoms with Crippen LogP contribution < -0.4 is 10.5 Å². The fraction of sp³-hybridized carbons (Fsp3) is 0.214. The third-order valence-electron chi connectivity index (χ3n) is 2.71. The van der Waals surface area contributed by atoms with E-state index >= 15 is 0 Å². The van der Waals surface area contributed by atoms with Crippen molar-refractivity contribution < 1.29 is 9.26 Å². The average Bonchev–Trinajstić information content (AvgIpc) is 3.15. The molecular formula is C14H14N4O2S. The molecule has 1 aromatic carbocycles. The number of aromatic nitrogens is 3. The normalized spacial score (nSPS) is 12.3. The Balaban J connectivity index is 1.68. The Morgan fingerprint density at radius 3 is 2.81 bits per heavy atom. The lowest BCUT2D eigenvalue weighted by Gasteiger charge is -2.01. The molecule has 0 saturated carbocycles. The third-order valence-corrected chi connectivity index (χ3v) is 3.76. The van der Waals surface area contributed by atoms with Crippen molar-refractivity contribution in [2.24, 2.45) is 5.73 Å². The van der Waals surface area contributed by atoms with Gasteiger partial charge >= 0.3 is 0 Å². The molecule has 3 aromatic rings. The average molecular weight is 302 g/mol. The van der Waals surface area contributed by atoms with Gasteiger partial charge < -0.3 is 15.0 Å². The zero-order valence-corrected chi connectivity index (χ0v) is 12.2. The van der Waals surface area contributed by atoms with E-state index in [9.17, 15) is 0 Å². The molecule has 108 valence electrons. The largest absolute Gasteiger partial charge is 0.485 e. The van der Waals surface area contributed by atoms with Crippen molar-refractivity contribution in [1.82, 2.24) is 15.1 Å². The van der Waals surface area contributed by atoms with Crippen LogP contribution in [-0.4, -0.2) is 15.1 Å². The number of nitrogens with zero attached hydrogens (tertiary/aromatic N) is 3. The van der Waals surface area contributed by atoms with Crippen molar-refractivity contribution in [2.45, 2.75) is 19.6 Å². The second-order valence-corrected chi connectivity index (χ2v) is 5.37. The summed E-state index contributed by atoms with van der Waals surface area (Å²) >= 11 is 1.48. The number of benzene rings is 1. The maximum absolute atomic E-state index is 5.78. The van der Waals surface area contributed by atoms with Crippen LogP contribution in [0.15, 0.2) is 40.2 Å². The molecule has 0 aliphatic carbocycles. The number of rotatable bonds is 5. The van der Waals surface area contributed by atoms with Gasteiger partial charge in [-0.25, -0.2) is 4.98 Å². The summed E-state index contributed by atoms with van der Waals surface area (Å²) in [5, 5.41) is 6.58. The summed E-state index contributed by atoms with van der Waals surface area (Å²) in [6.45, 7) is 2.13. The summed E-state index contributed by atoms with van der Waals surface area (Å²) in [6.07, 6.45) is 0. The van der Waals surface area contributed by atoms with E-state index in [0.717, 1.165) is 10.8 Å². The summed E-state index contributed by atoms with van der Waals surface area (Å²) in [5.74, 6) is 1.62. The molecule has 0 aliphatic rings. The smallest absolute Gasteiger partial charge is 0.277 e. The molecule has 0 radical (unpaired) electrons. The van der Waals surface area contributed by atoms with Crippen molar-refractivity contribution in [3.8, 4) is 17.3 Å². The van der Waals surface area contributed by atoms with Gasteiger partial charge in [0.2, 0.25) is 5.82 Å². The van der Waals surface area contributed by atoms with E-state index < -0.39 is 0 Å². The van der Waals surface area contributed by atoms with Crippen molar-refractivity contribution in [2.75, 3.05) is 0 Å². The van der Waals surface area contributed by atoms with Gasteiger partial charge in [0, 0.05) is 5.38 Å². The van der Waals surface area contributed by atoms with Gasteiger partial charge in [-0.15, -0.1) is 11.3 Å². The fourth-order valence-corrected chi connectivity index (χ4v) is 2.43. The second kappa shape index (κ2) is 6.02. The lowest BCUT2D eigenvalue weighted by Crippen LogP contribution is -2.03. The van der Waals surface area contributed by atoms with Crippen molar-refractivity contribution in [1.29, 1.82) is 0 Å². The Bertz CT molecular complexity index is 709. The topological polar surface area (TPSA) is 87.1 Å². The van der Waals surface area contributed by atoms with Gasteiger partial charge in [-0.05, 0) is 19.1 Å². The highest BCUT2D eigenvalue weighted by molar-refractivity contribution is 7.10. The van der Waals surface area contributed by atoms with Crippen molar-refractivity contribution >= 4 is 11.3 Å². The fourth-order valence-electron chi connectivity index (χ4n) is 1.68. The maximum Gasteiger partial charge on any atom is 0.277 e. The standard InChI is InChI=1S/C14H14N4O2S/c1-9(15)14-16-11(8-21-14)13-17-12(18-20-13)7-19-10-5-3-2-4-6-10/h2-6,8-9H,7,15H2,1H3. The predicted molar refractivity (Wildman–Crippen MR) is 78.8 cm³/mol. The van der Waals surface area contributed by atoms with E-state index in [4.69, 9.17) is 15.0 Å². The molecule has 2 N–H and O–H groups in total. The lowest BCUT2D eigenvalue weighted by molar-refractivity contribution is 0.287. The van der Waals surface area contributed by atoms with Crippen LogP contribution in [0.4, 0.5) is 0 Å². The molecule has 0 saturated heterocycles. The zero-order chi connectivity index (χ0) is 14.7. The van der Waals surface area contributed by atoms with E-state index in [2.05, 4.69) is 15.1 Å². The molecule has 1 atom stereocenters. The summed E-state index contributed by atoms with van der Waals surface area (Å²) in [4.78, 5) is 8.64. The second-order valence-electron chi connectivity index (χ2n) is 4.48. The molecular weight excluding hydrogens is 288 g/mol. The van der Waals surface area contributed by atoms with Gasteiger partial charge in [-0.3, -0.25) is 0 Å². The van der Waals surface area contributed by atoms with Gasteiger partial charge in [0.25, 0.3) is 5.89 Å². The zero-order valence-electron chi connectivity index (χ0n) is 11.4. The lowest BCUT2D eigenvalue weighted by atomic mass is 10.3. The minimum Gasteiger partial charge on any atom is -0.485 e.